The number of nitrogens with two attached hydrogens (primary N) is 1. The van der Waals surface area contributed by atoms with Gasteiger partial charge in [0.25, 0.3) is 0 Å². The third kappa shape index (κ3) is 2.92. The molecule has 2 aromatic rings. The molecule has 1 aromatic carbocycles. The van der Waals surface area contributed by atoms with Gasteiger partial charge in [-0.3, -0.25) is 10.1 Å². The monoisotopic (exact) mass is 273 g/mol. The Morgan fingerprint density at radius 3 is 2.80 bits per heavy atom. The summed E-state index contributed by atoms with van der Waals surface area (Å²) in [5, 5.41) is 11.1. The molecule has 104 valence electrons. The van der Waals surface area contributed by atoms with E-state index in [2.05, 4.69) is 4.98 Å². The van der Waals surface area contributed by atoms with Crippen molar-refractivity contribution in [2.75, 3.05) is 0 Å². The van der Waals surface area contributed by atoms with Crippen molar-refractivity contribution in [2.24, 2.45) is 5.73 Å². The highest BCUT2D eigenvalue weighted by Crippen LogP contribution is 2.33. The van der Waals surface area contributed by atoms with Crippen LogP contribution in [0.25, 0.3) is 0 Å². The topological polar surface area (TPSA) is 91.3 Å². The Balaban J connectivity index is 2.38. The number of pyridine rings is 1. The molecule has 0 saturated carbocycles. The molecule has 6 heteroatoms. The molecule has 0 unspecified atom stereocenters. The van der Waals surface area contributed by atoms with Gasteiger partial charge >= 0.3 is 5.69 Å². The summed E-state index contributed by atoms with van der Waals surface area (Å²) in [5.74, 6) is 0.456. The number of nitro groups is 1. The highest BCUT2D eigenvalue weighted by molar-refractivity contribution is 5.53. The summed E-state index contributed by atoms with van der Waals surface area (Å²) in [4.78, 5) is 14.7. The smallest absolute Gasteiger partial charge is 0.314 e. The molecule has 2 N–H and O–H groups in total. The van der Waals surface area contributed by atoms with Crippen molar-refractivity contribution in [3.8, 4) is 11.6 Å². The fraction of sp³-hybridized carbons (Fsp3) is 0.214. The average Bonchev–Trinajstić information content (AvgIpc) is 2.38. The predicted octanol–water partition coefficient (Wildman–Crippen LogP) is 3.11. The number of aromatic nitrogens is 1. The second kappa shape index (κ2) is 5.66. The molecule has 6 nitrogen and oxygen atoms in total. The summed E-state index contributed by atoms with van der Waals surface area (Å²) < 4.78 is 5.53. The number of aryl methyl sites for hydroxylation is 1. The number of hydrogen-bond donors (Lipinski definition) is 1. The minimum atomic E-state index is -0.458. The summed E-state index contributed by atoms with van der Waals surface area (Å²) >= 11 is 0. The van der Waals surface area contributed by atoms with Crippen LogP contribution in [0.1, 0.15) is 24.1 Å². The van der Waals surface area contributed by atoms with Gasteiger partial charge in [-0.05, 0) is 31.5 Å². The lowest BCUT2D eigenvalue weighted by molar-refractivity contribution is -0.386. The van der Waals surface area contributed by atoms with Crippen LogP contribution in [-0.2, 0) is 0 Å². The lowest BCUT2D eigenvalue weighted by Gasteiger charge is -2.09. The first-order valence-corrected chi connectivity index (χ1v) is 6.12. The van der Waals surface area contributed by atoms with E-state index in [1.807, 2.05) is 6.92 Å². The van der Waals surface area contributed by atoms with E-state index in [9.17, 15) is 10.1 Å². The number of para-hydroxylation sites is 1. The quantitative estimate of drug-likeness (QED) is 0.682. The van der Waals surface area contributed by atoms with Crippen molar-refractivity contribution in [1.29, 1.82) is 0 Å². The highest BCUT2D eigenvalue weighted by Gasteiger charge is 2.19. The Kier molecular flexibility index (Phi) is 3.95. The van der Waals surface area contributed by atoms with Crippen LogP contribution in [0, 0.1) is 17.0 Å². The van der Waals surface area contributed by atoms with Crippen LogP contribution < -0.4 is 10.5 Å². The number of nitrogens with zero attached hydrogens (tertiary/aromatic N) is 2. The molecule has 1 heterocycles. The van der Waals surface area contributed by atoms with Gasteiger partial charge in [-0.15, -0.1) is 0 Å². The lowest BCUT2D eigenvalue weighted by Crippen LogP contribution is -2.05. The molecule has 0 aliphatic rings. The summed E-state index contributed by atoms with van der Waals surface area (Å²) in [5.41, 5.74) is 7.12. The maximum Gasteiger partial charge on any atom is 0.314 e. The van der Waals surface area contributed by atoms with Crippen LogP contribution in [-0.4, -0.2) is 9.91 Å². The molecular formula is C14H15N3O3. The van der Waals surface area contributed by atoms with E-state index in [1.165, 1.54) is 0 Å². The van der Waals surface area contributed by atoms with Crippen LogP contribution in [0.5, 0.6) is 11.6 Å². The third-order valence-electron chi connectivity index (χ3n) is 2.88. The fourth-order valence-corrected chi connectivity index (χ4v) is 1.82. The van der Waals surface area contributed by atoms with Gasteiger partial charge in [0.1, 0.15) is 0 Å². The van der Waals surface area contributed by atoms with Crippen molar-refractivity contribution in [3.63, 3.8) is 0 Å². The Morgan fingerprint density at radius 2 is 2.15 bits per heavy atom. The molecule has 0 saturated heterocycles. The Hall–Kier alpha value is -2.47. The zero-order valence-corrected chi connectivity index (χ0v) is 11.2. The normalized spacial score (nSPS) is 11.9. The van der Waals surface area contributed by atoms with E-state index in [0.29, 0.717) is 5.56 Å². The number of benzene rings is 1. The van der Waals surface area contributed by atoms with Crippen molar-refractivity contribution in [1.82, 2.24) is 4.98 Å². The van der Waals surface area contributed by atoms with Gasteiger partial charge in [0.2, 0.25) is 11.6 Å². The SMILES string of the molecule is Cc1cccc(Oc2cc([C@H](C)N)ccn2)c1[N+](=O)[O-]. The first kappa shape index (κ1) is 14.0. The molecule has 0 spiro atoms. The van der Waals surface area contributed by atoms with Gasteiger partial charge in [-0.2, -0.15) is 0 Å². The Labute approximate surface area is 116 Å². The minimum absolute atomic E-state index is 0.0551. The van der Waals surface area contributed by atoms with Crippen molar-refractivity contribution >= 4 is 5.69 Å². The molecule has 2 rings (SSSR count). The zero-order valence-electron chi connectivity index (χ0n) is 11.2. The summed E-state index contributed by atoms with van der Waals surface area (Å²) in [6, 6.07) is 8.21. The van der Waals surface area contributed by atoms with Gasteiger partial charge in [-0.25, -0.2) is 4.98 Å². The molecule has 0 bridgehead atoms. The molecule has 0 aliphatic heterocycles. The molecule has 20 heavy (non-hydrogen) atoms. The first-order chi connectivity index (χ1) is 9.49. The summed E-state index contributed by atoms with van der Waals surface area (Å²) in [6.45, 7) is 3.50. The predicted molar refractivity (Wildman–Crippen MR) is 74.7 cm³/mol. The molecule has 0 radical (unpaired) electrons. The molecule has 0 fully saturated rings. The van der Waals surface area contributed by atoms with Crippen LogP contribution in [0.2, 0.25) is 0 Å². The van der Waals surface area contributed by atoms with Gasteiger partial charge < -0.3 is 10.5 Å². The second-order valence-electron chi connectivity index (χ2n) is 4.50. The number of ether oxygens (including phenoxy) is 1. The van der Waals surface area contributed by atoms with Crippen LogP contribution in [0.4, 0.5) is 5.69 Å². The lowest BCUT2D eigenvalue weighted by atomic mass is 10.1. The van der Waals surface area contributed by atoms with Gasteiger partial charge in [0, 0.05) is 23.9 Å². The molecule has 0 aliphatic carbocycles. The standard InChI is InChI=1S/C14H15N3O3/c1-9-4-3-5-12(14(9)17(18)19)20-13-8-11(10(2)15)6-7-16-13/h3-8,10H,15H2,1-2H3/t10-/m0/s1. The van der Waals surface area contributed by atoms with Crippen molar-refractivity contribution < 1.29 is 9.66 Å². The van der Waals surface area contributed by atoms with E-state index >= 15 is 0 Å². The Morgan fingerprint density at radius 1 is 1.40 bits per heavy atom. The maximum atomic E-state index is 11.1. The van der Waals surface area contributed by atoms with Crippen LogP contribution in [0.15, 0.2) is 36.5 Å². The third-order valence-corrected chi connectivity index (χ3v) is 2.88. The van der Waals surface area contributed by atoms with Crippen LogP contribution >= 0.6 is 0 Å². The first-order valence-electron chi connectivity index (χ1n) is 6.12. The van der Waals surface area contributed by atoms with E-state index in [1.54, 1.807) is 43.5 Å². The number of rotatable bonds is 4. The van der Waals surface area contributed by atoms with Gasteiger partial charge in [0.05, 0.1) is 4.92 Å². The molecular weight excluding hydrogens is 258 g/mol. The fourth-order valence-electron chi connectivity index (χ4n) is 1.82. The molecule has 0 amide bonds. The van der Waals surface area contributed by atoms with Crippen molar-refractivity contribution in [2.45, 2.75) is 19.9 Å². The largest absolute Gasteiger partial charge is 0.432 e. The van der Waals surface area contributed by atoms with E-state index in [4.69, 9.17) is 10.5 Å². The number of nitro benzene ring substituents is 1. The molecule has 1 aromatic heterocycles. The van der Waals surface area contributed by atoms with E-state index < -0.39 is 4.92 Å². The summed E-state index contributed by atoms with van der Waals surface area (Å²) in [7, 11) is 0. The van der Waals surface area contributed by atoms with Gasteiger partial charge in [0.15, 0.2) is 0 Å². The Bertz CT molecular complexity index is 641. The van der Waals surface area contributed by atoms with Gasteiger partial charge in [-0.1, -0.05) is 12.1 Å². The van der Waals surface area contributed by atoms with Crippen LogP contribution in [0.3, 0.4) is 0 Å². The van der Waals surface area contributed by atoms with E-state index in [0.717, 1.165) is 5.56 Å². The maximum absolute atomic E-state index is 11.1. The van der Waals surface area contributed by atoms with E-state index in [-0.39, 0.29) is 23.4 Å². The highest BCUT2D eigenvalue weighted by atomic mass is 16.6. The minimum Gasteiger partial charge on any atom is -0.432 e. The zero-order chi connectivity index (χ0) is 14.7. The molecule has 1 atom stereocenters. The second-order valence-corrected chi connectivity index (χ2v) is 4.50. The summed E-state index contributed by atoms with van der Waals surface area (Å²) in [6.07, 6.45) is 1.57. The number of hydrogen-bond acceptors (Lipinski definition) is 5. The average molecular weight is 273 g/mol. The van der Waals surface area contributed by atoms with Crippen molar-refractivity contribution in [3.05, 3.63) is 57.8 Å².